The van der Waals surface area contributed by atoms with Gasteiger partial charge in [-0.3, -0.25) is 9.59 Å². The van der Waals surface area contributed by atoms with E-state index < -0.39 is 15.6 Å². The highest BCUT2D eigenvalue weighted by atomic mass is 32.2. The van der Waals surface area contributed by atoms with Gasteiger partial charge in [-0.25, -0.2) is 8.42 Å². The zero-order valence-electron chi connectivity index (χ0n) is 18.9. The third-order valence-electron chi connectivity index (χ3n) is 5.93. The molecule has 1 heterocycles. The molecule has 1 amide bonds. The summed E-state index contributed by atoms with van der Waals surface area (Å²) in [7, 11) is -3.70. The van der Waals surface area contributed by atoms with E-state index in [-0.39, 0.29) is 16.4 Å². The van der Waals surface area contributed by atoms with Crippen LogP contribution in [0.4, 0.5) is 0 Å². The van der Waals surface area contributed by atoms with Gasteiger partial charge in [0, 0.05) is 36.6 Å². The zero-order chi connectivity index (χ0) is 23.1. The highest BCUT2D eigenvalue weighted by Crippen LogP contribution is 2.24. The number of hydrogen-bond donors (Lipinski definition) is 2. The highest BCUT2D eigenvalue weighted by molar-refractivity contribution is 7.89. The summed E-state index contributed by atoms with van der Waals surface area (Å²) < 4.78 is 27.8. The molecule has 8 heteroatoms. The highest BCUT2D eigenvalue weighted by Gasteiger charge is 2.24. The Hall–Kier alpha value is -2.45. The van der Waals surface area contributed by atoms with Gasteiger partial charge in [-0.2, -0.15) is 4.31 Å². The number of unbranched alkanes of at least 4 members (excludes halogenated alkanes) is 1. The van der Waals surface area contributed by atoms with Crippen molar-refractivity contribution in [1.82, 2.24) is 14.6 Å². The number of carbonyl (C=O) groups is 1. The maximum Gasteiger partial charge on any atom is 0.252 e. The summed E-state index contributed by atoms with van der Waals surface area (Å²) in [5.74, 6) is -0.370. The van der Waals surface area contributed by atoms with Crippen LogP contribution >= 0.6 is 0 Å². The summed E-state index contributed by atoms with van der Waals surface area (Å²) >= 11 is 0. The van der Waals surface area contributed by atoms with E-state index in [9.17, 15) is 18.0 Å². The first-order valence-corrected chi connectivity index (χ1v) is 12.9. The van der Waals surface area contributed by atoms with Crippen LogP contribution in [0.1, 0.15) is 69.2 Å². The van der Waals surface area contributed by atoms with E-state index in [1.54, 1.807) is 6.07 Å². The van der Waals surface area contributed by atoms with E-state index in [4.69, 9.17) is 0 Å². The Bertz CT molecular complexity index is 1150. The molecule has 0 unspecified atom stereocenters. The van der Waals surface area contributed by atoms with Crippen LogP contribution in [0.2, 0.25) is 0 Å². The van der Waals surface area contributed by atoms with Crippen LogP contribution in [0, 0.1) is 0 Å². The molecule has 3 rings (SSSR count). The van der Waals surface area contributed by atoms with Gasteiger partial charge in [0.2, 0.25) is 15.6 Å². The summed E-state index contributed by atoms with van der Waals surface area (Å²) in [5, 5.41) is 3.32. The van der Waals surface area contributed by atoms with Crippen molar-refractivity contribution in [1.29, 1.82) is 0 Å². The van der Waals surface area contributed by atoms with Crippen molar-refractivity contribution in [2.45, 2.75) is 63.7 Å². The fourth-order valence-corrected chi connectivity index (χ4v) is 5.59. The first-order chi connectivity index (χ1) is 15.4. The molecule has 1 aliphatic carbocycles. The number of nitrogens with zero attached hydrogens (tertiary/aromatic N) is 1. The third-order valence-corrected chi connectivity index (χ3v) is 7.90. The van der Waals surface area contributed by atoms with Crippen molar-refractivity contribution in [3.05, 3.63) is 51.8 Å². The zero-order valence-corrected chi connectivity index (χ0v) is 19.8. The lowest BCUT2D eigenvalue weighted by Gasteiger charge is -2.20. The molecule has 1 aromatic heterocycles. The van der Waals surface area contributed by atoms with Crippen molar-refractivity contribution >= 4 is 26.8 Å². The first kappa shape index (κ1) is 24.2. The molecule has 1 aromatic carbocycles. The topological polar surface area (TPSA) is 99.3 Å². The van der Waals surface area contributed by atoms with Crippen LogP contribution in [0.25, 0.3) is 10.9 Å². The lowest BCUT2D eigenvalue weighted by molar-refractivity contribution is 0.0955. The lowest BCUT2D eigenvalue weighted by atomic mass is 9.97. The quantitative estimate of drug-likeness (QED) is 0.525. The predicted octanol–water partition coefficient (Wildman–Crippen LogP) is 3.96. The van der Waals surface area contributed by atoms with Gasteiger partial charge in [-0.15, -0.1) is 0 Å². The van der Waals surface area contributed by atoms with Crippen LogP contribution in [-0.4, -0.2) is 43.2 Å². The van der Waals surface area contributed by atoms with Gasteiger partial charge in [0.1, 0.15) is 0 Å². The average molecular weight is 460 g/mol. The summed E-state index contributed by atoms with van der Waals surface area (Å²) in [6.07, 6.45) is 9.26. The lowest BCUT2D eigenvalue weighted by Crippen LogP contribution is -2.32. The van der Waals surface area contributed by atoms with E-state index in [1.807, 2.05) is 13.8 Å². The van der Waals surface area contributed by atoms with Gasteiger partial charge in [-0.1, -0.05) is 31.9 Å². The Kier molecular flexibility index (Phi) is 8.26. The molecule has 2 aromatic rings. The van der Waals surface area contributed by atoms with Crippen LogP contribution in [-0.2, 0) is 10.0 Å². The predicted molar refractivity (Wildman–Crippen MR) is 127 cm³/mol. The standard InChI is InChI=1S/C24H33N3O4S/c1-3-5-15-27(4-2)32(30,31)19-11-12-22-20(16-19)21(17-23(28)26-22)24(29)25-14-13-18-9-7-6-8-10-18/h9,11-12,16-17H,3-8,10,13-15H2,1-2H3,(H,25,29)(H,26,28). The normalized spacial score (nSPS) is 14.5. The van der Waals surface area contributed by atoms with E-state index in [2.05, 4.69) is 16.4 Å². The van der Waals surface area contributed by atoms with Gasteiger partial charge >= 0.3 is 0 Å². The van der Waals surface area contributed by atoms with Crippen molar-refractivity contribution in [3.63, 3.8) is 0 Å². The maximum atomic E-state index is 13.2. The van der Waals surface area contributed by atoms with Crippen LogP contribution in [0.15, 0.2) is 45.6 Å². The number of H-pyrrole nitrogens is 1. The minimum absolute atomic E-state index is 0.122. The minimum atomic E-state index is -3.70. The number of carbonyl (C=O) groups excluding carboxylic acids is 1. The van der Waals surface area contributed by atoms with E-state index in [0.717, 1.165) is 32.1 Å². The number of benzene rings is 1. The molecule has 0 saturated heterocycles. The second kappa shape index (κ2) is 10.9. The number of sulfonamides is 1. The van der Waals surface area contributed by atoms with E-state index in [1.165, 1.54) is 40.9 Å². The van der Waals surface area contributed by atoms with Gasteiger partial charge in [0.15, 0.2) is 0 Å². The Morgan fingerprint density at radius 3 is 2.69 bits per heavy atom. The third kappa shape index (κ3) is 5.66. The Morgan fingerprint density at radius 1 is 1.19 bits per heavy atom. The van der Waals surface area contributed by atoms with Crippen molar-refractivity contribution < 1.29 is 13.2 Å². The molecule has 0 saturated carbocycles. The Balaban J connectivity index is 1.88. The van der Waals surface area contributed by atoms with Crippen molar-refractivity contribution in [2.24, 2.45) is 0 Å². The maximum absolute atomic E-state index is 13.2. The van der Waals surface area contributed by atoms with Gasteiger partial charge in [0.25, 0.3) is 5.91 Å². The number of allylic oxidation sites excluding steroid dienone is 1. The SMILES string of the molecule is CCCCN(CC)S(=O)(=O)c1ccc2[nH]c(=O)cc(C(=O)NCCC3=CCCCC3)c2c1. The largest absolute Gasteiger partial charge is 0.352 e. The van der Waals surface area contributed by atoms with Crippen molar-refractivity contribution in [3.8, 4) is 0 Å². The van der Waals surface area contributed by atoms with Crippen LogP contribution in [0.5, 0.6) is 0 Å². The van der Waals surface area contributed by atoms with Crippen molar-refractivity contribution in [2.75, 3.05) is 19.6 Å². The molecule has 0 aliphatic heterocycles. The molecule has 174 valence electrons. The minimum Gasteiger partial charge on any atom is -0.352 e. The Morgan fingerprint density at radius 2 is 2.00 bits per heavy atom. The molecule has 0 spiro atoms. The monoisotopic (exact) mass is 459 g/mol. The molecular weight excluding hydrogens is 426 g/mol. The summed E-state index contributed by atoms with van der Waals surface area (Å²) in [5.41, 5.74) is 1.59. The molecule has 2 N–H and O–H groups in total. The number of pyridine rings is 1. The van der Waals surface area contributed by atoms with E-state index >= 15 is 0 Å². The molecule has 1 aliphatic rings. The molecule has 7 nitrogen and oxygen atoms in total. The van der Waals surface area contributed by atoms with Gasteiger partial charge in [0.05, 0.1) is 10.5 Å². The summed E-state index contributed by atoms with van der Waals surface area (Å²) in [6, 6.07) is 5.77. The molecule has 32 heavy (non-hydrogen) atoms. The second-order valence-electron chi connectivity index (χ2n) is 8.22. The molecule has 0 atom stereocenters. The fourth-order valence-electron chi connectivity index (χ4n) is 4.08. The number of aromatic amines is 1. The molecule has 0 bridgehead atoms. The second-order valence-corrected chi connectivity index (χ2v) is 10.2. The van der Waals surface area contributed by atoms with Crippen LogP contribution < -0.4 is 10.9 Å². The number of hydrogen-bond acceptors (Lipinski definition) is 4. The summed E-state index contributed by atoms with van der Waals surface area (Å²) in [4.78, 5) is 27.8. The number of nitrogens with one attached hydrogen (secondary N) is 2. The fraction of sp³-hybridized carbons (Fsp3) is 0.500. The van der Waals surface area contributed by atoms with Gasteiger partial charge < -0.3 is 10.3 Å². The van der Waals surface area contributed by atoms with Gasteiger partial charge in [-0.05, 0) is 56.7 Å². The molecule has 0 radical (unpaired) electrons. The summed E-state index contributed by atoms with van der Waals surface area (Å²) in [6.45, 7) is 5.13. The van der Waals surface area contributed by atoms with E-state index in [0.29, 0.717) is 30.5 Å². The Labute approximate surface area is 190 Å². The number of amides is 1. The number of rotatable bonds is 10. The number of aromatic nitrogens is 1. The average Bonchev–Trinajstić information content (AvgIpc) is 2.79. The first-order valence-electron chi connectivity index (χ1n) is 11.5. The van der Waals surface area contributed by atoms with Crippen LogP contribution in [0.3, 0.4) is 0 Å². The smallest absolute Gasteiger partial charge is 0.252 e. The molecule has 0 fully saturated rings. The molecular formula is C24H33N3O4S. The number of fused-ring (bicyclic) bond motifs is 1.